The average Bonchev–Trinajstić information content (AvgIpc) is 2.90. The first kappa shape index (κ1) is 23.1. The third-order valence-electron chi connectivity index (χ3n) is 4.84. The number of rotatable bonds is 4. The molecule has 2 unspecified atom stereocenters. The molecule has 2 heterocycles. The molecule has 7 N–H and O–H groups in total. The van der Waals surface area contributed by atoms with Crippen molar-refractivity contribution >= 4 is 24.1 Å². The van der Waals surface area contributed by atoms with Gasteiger partial charge in [0, 0.05) is 25.2 Å². The second-order valence-electron chi connectivity index (χ2n) is 7.17. The molecule has 30 heavy (non-hydrogen) atoms. The number of nitrogens with zero attached hydrogens (tertiary/aromatic N) is 4. The molecule has 0 aromatic carbocycles. The minimum Gasteiger partial charge on any atom is -0.506 e. The van der Waals surface area contributed by atoms with Crippen LogP contribution in [0, 0.1) is 24.2 Å². The van der Waals surface area contributed by atoms with Crippen molar-refractivity contribution in [1.82, 2.24) is 14.8 Å². The second-order valence-corrected chi connectivity index (χ2v) is 7.17. The number of amides is 3. The zero-order chi connectivity index (χ0) is 22.9. The summed E-state index contributed by atoms with van der Waals surface area (Å²) < 4.78 is 0. The standard InChI is InChI=1S/C17H24N6O7/c1-9-6-16(27,28)23(12(25)4-5-18)17(29,30)13(9)22(3)8-20-15(26)21-14-10(2)11(24)7-19-14/h7-9,13,19,24,27-30H,4,6H2,1-3H3,(H,21,26). The van der Waals surface area contributed by atoms with Gasteiger partial charge in [0.15, 0.2) is 0 Å². The summed E-state index contributed by atoms with van der Waals surface area (Å²) in [4.78, 5) is 31.6. The van der Waals surface area contributed by atoms with Crippen LogP contribution in [0.5, 0.6) is 5.75 Å². The van der Waals surface area contributed by atoms with Crippen molar-refractivity contribution < 1.29 is 35.1 Å². The van der Waals surface area contributed by atoms with Crippen LogP contribution in [0.25, 0.3) is 0 Å². The fourth-order valence-corrected chi connectivity index (χ4v) is 3.59. The number of likely N-dealkylation sites (tertiary alicyclic amines) is 1. The van der Waals surface area contributed by atoms with Crippen LogP contribution in [0.15, 0.2) is 11.2 Å². The van der Waals surface area contributed by atoms with E-state index in [1.54, 1.807) is 6.92 Å². The fraction of sp³-hybridized carbons (Fsp3) is 0.529. The van der Waals surface area contributed by atoms with E-state index in [4.69, 9.17) is 5.26 Å². The quantitative estimate of drug-likeness (QED) is 0.178. The molecule has 0 spiro atoms. The van der Waals surface area contributed by atoms with Gasteiger partial charge in [-0.05, 0) is 12.8 Å². The lowest BCUT2D eigenvalue weighted by Gasteiger charge is -2.54. The molecule has 1 fully saturated rings. The molecule has 1 saturated heterocycles. The van der Waals surface area contributed by atoms with Gasteiger partial charge in [-0.15, -0.1) is 0 Å². The van der Waals surface area contributed by atoms with Gasteiger partial charge in [-0.1, -0.05) is 6.92 Å². The van der Waals surface area contributed by atoms with Crippen LogP contribution >= 0.6 is 0 Å². The van der Waals surface area contributed by atoms with Crippen molar-refractivity contribution in [2.45, 2.75) is 44.6 Å². The van der Waals surface area contributed by atoms with Crippen LogP contribution in [0.3, 0.4) is 0 Å². The molecule has 1 aliphatic rings. The van der Waals surface area contributed by atoms with Crippen LogP contribution in [-0.2, 0) is 4.79 Å². The van der Waals surface area contributed by atoms with Crippen molar-refractivity contribution in [2.24, 2.45) is 10.9 Å². The second kappa shape index (κ2) is 8.28. The molecule has 2 rings (SSSR count). The summed E-state index contributed by atoms with van der Waals surface area (Å²) >= 11 is 0. The molecule has 1 aromatic rings. The lowest BCUT2D eigenvalue weighted by atomic mass is 9.86. The number of aliphatic imine (C=N–C) groups is 1. The maximum atomic E-state index is 12.1. The highest BCUT2D eigenvalue weighted by atomic mass is 16.6. The topological polar surface area (TPSA) is 206 Å². The number of urea groups is 1. The van der Waals surface area contributed by atoms with E-state index in [0.29, 0.717) is 5.56 Å². The van der Waals surface area contributed by atoms with Crippen molar-refractivity contribution in [3.05, 3.63) is 11.8 Å². The first-order chi connectivity index (χ1) is 13.8. The zero-order valence-corrected chi connectivity index (χ0v) is 16.6. The molecule has 0 saturated carbocycles. The number of anilines is 1. The summed E-state index contributed by atoms with van der Waals surface area (Å²) in [5.74, 6) is -7.80. The molecule has 3 amide bonds. The monoisotopic (exact) mass is 424 g/mol. The summed E-state index contributed by atoms with van der Waals surface area (Å²) in [5.41, 5.74) is 0.395. The number of carbonyl (C=O) groups is 2. The molecule has 0 radical (unpaired) electrons. The van der Waals surface area contributed by atoms with Crippen LogP contribution in [0.2, 0.25) is 0 Å². The Labute approximate surface area is 171 Å². The average molecular weight is 424 g/mol. The smallest absolute Gasteiger partial charge is 0.347 e. The molecule has 13 heteroatoms. The molecule has 164 valence electrons. The number of carbonyl (C=O) groups excluding carboxylic acids is 2. The molecule has 0 bridgehead atoms. The Hall–Kier alpha value is -3.18. The first-order valence-corrected chi connectivity index (χ1v) is 8.86. The Morgan fingerprint density at radius 2 is 2.10 bits per heavy atom. The Kier molecular flexibility index (Phi) is 6.38. The van der Waals surface area contributed by atoms with Gasteiger partial charge in [-0.3, -0.25) is 10.1 Å². The number of hydrogen-bond donors (Lipinski definition) is 7. The Balaban J connectivity index is 2.22. The number of nitrogens with one attached hydrogen (secondary N) is 2. The summed E-state index contributed by atoms with van der Waals surface area (Å²) in [6.07, 6.45) is 0.988. The Bertz CT molecular complexity index is 888. The molecular weight excluding hydrogens is 400 g/mol. The van der Waals surface area contributed by atoms with Crippen molar-refractivity contribution in [3.63, 3.8) is 0 Å². The fourth-order valence-electron chi connectivity index (χ4n) is 3.59. The van der Waals surface area contributed by atoms with Gasteiger partial charge in [0.2, 0.25) is 5.91 Å². The number of nitriles is 1. The van der Waals surface area contributed by atoms with Crippen LogP contribution in [0.4, 0.5) is 10.6 Å². The SMILES string of the molecule is Cc1c(O)c[nH]c1NC(=O)N=CN(C)C1C(C)CC(O)(O)N(C(=O)CC#N)C1(O)O. The number of aromatic amines is 1. The number of aliphatic hydroxyl groups is 4. The number of hydrogen-bond acceptors (Lipinski definition) is 8. The van der Waals surface area contributed by atoms with Gasteiger partial charge < -0.3 is 35.4 Å². The van der Waals surface area contributed by atoms with Crippen molar-refractivity contribution in [3.8, 4) is 11.8 Å². The maximum Gasteiger partial charge on any atom is 0.347 e. The van der Waals surface area contributed by atoms with E-state index in [0.717, 1.165) is 11.2 Å². The predicted octanol–water partition coefficient (Wildman–Crippen LogP) is -1.05. The molecule has 0 aliphatic carbocycles. The van der Waals surface area contributed by atoms with Gasteiger partial charge in [-0.2, -0.15) is 10.3 Å². The lowest BCUT2D eigenvalue weighted by Crippen LogP contribution is -2.75. The van der Waals surface area contributed by atoms with Crippen LogP contribution in [-0.4, -0.2) is 83.5 Å². The zero-order valence-electron chi connectivity index (χ0n) is 16.6. The molecule has 1 aliphatic heterocycles. The summed E-state index contributed by atoms with van der Waals surface area (Å²) in [7, 11) is 1.35. The first-order valence-electron chi connectivity index (χ1n) is 8.86. The largest absolute Gasteiger partial charge is 0.506 e. The van der Waals surface area contributed by atoms with E-state index in [1.165, 1.54) is 26.2 Å². The minimum absolute atomic E-state index is 0.0311. The van der Waals surface area contributed by atoms with E-state index in [2.05, 4.69) is 15.3 Å². The third kappa shape index (κ3) is 4.36. The summed E-state index contributed by atoms with van der Waals surface area (Å²) in [6, 6.07) is -0.643. The van der Waals surface area contributed by atoms with Gasteiger partial charge in [0.1, 0.15) is 24.0 Å². The molecule has 13 nitrogen and oxygen atoms in total. The Morgan fingerprint density at radius 3 is 2.63 bits per heavy atom. The summed E-state index contributed by atoms with van der Waals surface area (Å²) in [6.45, 7) is 3.05. The van der Waals surface area contributed by atoms with Crippen molar-refractivity contribution in [2.75, 3.05) is 12.4 Å². The van der Waals surface area contributed by atoms with E-state index >= 15 is 0 Å². The van der Waals surface area contributed by atoms with E-state index in [-0.39, 0.29) is 16.5 Å². The van der Waals surface area contributed by atoms with Crippen LogP contribution < -0.4 is 5.32 Å². The van der Waals surface area contributed by atoms with Gasteiger partial charge >= 0.3 is 6.03 Å². The third-order valence-corrected chi connectivity index (χ3v) is 4.84. The van der Waals surface area contributed by atoms with Gasteiger partial charge in [-0.25, -0.2) is 9.69 Å². The summed E-state index contributed by atoms with van der Waals surface area (Å²) in [5, 5.41) is 62.1. The number of likely N-dealkylation sites (N-methyl/N-ethyl adjacent to an activating group) is 1. The highest BCUT2D eigenvalue weighted by Gasteiger charge is 2.60. The molecule has 1 aromatic heterocycles. The highest BCUT2D eigenvalue weighted by Crippen LogP contribution is 2.39. The predicted molar refractivity (Wildman–Crippen MR) is 101 cm³/mol. The van der Waals surface area contributed by atoms with E-state index < -0.39 is 48.6 Å². The molecule has 2 atom stereocenters. The molecular formula is C17H24N6O7. The normalized spacial score (nSPS) is 22.5. The number of aromatic nitrogens is 1. The van der Waals surface area contributed by atoms with Crippen molar-refractivity contribution in [1.29, 1.82) is 5.26 Å². The Morgan fingerprint density at radius 1 is 1.47 bits per heavy atom. The number of piperidine rings is 1. The number of H-pyrrole nitrogens is 1. The van der Waals surface area contributed by atoms with E-state index in [1.807, 2.05) is 0 Å². The van der Waals surface area contributed by atoms with Gasteiger partial charge in [0.25, 0.3) is 11.8 Å². The van der Waals surface area contributed by atoms with E-state index in [9.17, 15) is 35.1 Å². The number of aromatic hydroxyl groups is 1. The van der Waals surface area contributed by atoms with Gasteiger partial charge in [0.05, 0.1) is 12.4 Å². The maximum absolute atomic E-state index is 12.1. The van der Waals surface area contributed by atoms with Crippen LogP contribution in [0.1, 0.15) is 25.3 Å². The minimum atomic E-state index is -3.09. The highest BCUT2D eigenvalue weighted by molar-refractivity contribution is 5.94. The lowest BCUT2D eigenvalue weighted by molar-refractivity contribution is -0.409.